The number of nitro benzene ring substituents is 1. The Bertz CT molecular complexity index is 568. The number of hydrogen-bond acceptors (Lipinski definition) is 5. The van der Waals surface area contributed by atoms with Crippen molar-refractivity contribution in [3.05, 3.63) is 33.9 Å². The molecule has 6 nitrogen and oxygen atoms in total. The molecular formula is C17H27N3O3. The normalized spacial score (nSPS) is 20.2. The lowest BCUT2D eigenvalue weighted by atomic mass is 9.79. The van der Waals surface area contributed by atoms with Crippen molar-refractivity contribution in [1.29, 1.82) is 0 Å². The number of ether oxygens (including phenoxy) is 1. The van der Waals surface area contributed by atoms with Crippen molar-refractivity contribution in [1.82, 2.24) is 10.6 Å². The molecule has 0 bridgehead atoms. The van der Waals surface area contributed by atoms with E-state index in [1.165, 1.54) is 7.11 Å². The maximum Gasteiger partial charge on any atom is 0.311 e. The summed E-state index contributed by atoms with van der Waals surface area (Å²) in [5.41, 5.74) is 1.06. The summed E-state index contributed by atoms with van der Waals surface area (Å²) < 4.78 is 5.04. The summed E-state index contributed by atoms with van der Waals surface area (Å²) in [6.07, 6.45) is 2.04. The molecule has 1 aromatic carbocycles. The zero-order valence-corrected chi connectivity index (χ0v) is 14.6. The van der Waals surface area contributed by atoms with Crippen LogP contribution in [-0.4, -0.2) is 29.2 Å². The van der Waals surface area contributed by atoms with Crippen LogP contribution in [0.5, 0.6) is 5.75 Å². The van der Waals surface area contributed by atoms with Gasteiger partial charge in [0.1, 0.15) is 0 Å². The molecule has 6 heteroatoms. The first kappa shape index (κ1) is 17.7. The molecule has 1 fully saturated rings. The largest absolute Gasteiger partial charge is 0.490 e. The van der Waals surface area contributed by atoms with Gasteiger partial charge in [-0.05, 0) is 52.2 Å². The SMILES string of the molecule is COc1ccc(CNC2CC(C)(C)NC(C)(C)C2)cc1[N+](=O)[O-]. The lowest BCUT2D eigenvalue weighted by Crippen LogP contribution is -2.61. The van der Waals surface area contributed by atoms with Crippen LogP contribution in [0.25, 0.3) is 0 Å². The smallest absolute Gasteiger partial charge is 0.311 e. The van der Waals surface area contributed by atoms with E-state index in [0.717, 1.165) is 18.4 Å². The number of rotatable bonds is 5. The summed E-state index contributed by atoms with van der Waals surface area (Å²) >= 11 is 0. The van der Waals surface area contributed by atoms with Gasteiger partial charge >= 0.3 is 5.69 Å². The zero-order valence-electron chi connectivity index (χ0n) is 14.6. The third kappa shape index (κ3) is 4.65. The second-order valence-corrected chi connectivity index (χ2v) is 7.64. The molecule has 1 aliphatic rings. The molecule has 128 valence electrons. The molecule has 0 aromatic heterocycles. The van der Waals surface area contributed by atoms with Crippen LogP contribution in [0.4, 0.5) is 5.69 Å². The van der Waals surface area contributed by atoms with Crippen LogP contribution in [0.1, 0.15) is 46.1 Å². The first-order valence-electron chi connectivity index (χ1n) is 7.96. The molecule has 0 spiro atoms. The lowest BCUT2D eigenvalue weighted by Gasteiger charge is -2.46. The van der Waals surface area contributed by atoms with Gasteiger partial charge in [-0.25, -0.2) is 0 Å². The van der Waals surface area contributed by atoms with Crippen molar-refractivity contribution in [2.45, 2.75) is 64.2 Å². The molecule has 1 aromatic rings. The van der Waals surface area contributed by atoms with Gasteiger partial charge in [0.15, 0.2) is 5.75 Å². The maximum atomic E-state index is 11.1. The van der Waals surface area contributed by atoms with Gasteiger partial charge in [-0.2, -0.15) is 0 Å². The number of piperidine rings is 1. The van der Waals surface area contributed by atoms with E-state index in [-0.39, 0.29) is 16.8 Å². The summed E-state index contributed by atoms with van der Waals surface area (Å²) in [7, 11) is 1.44. The molecule has 1 aliphatic heterocycles. The third-order valence-electron chi connectivity index (χ3n) is 4.23. The van der Waals surface area contributed by atoms with Gasteiger partial charge in [0.2, 0.25) is 0 Å². The molecule has 1 saturated heterocycles. The van der Waals surface area contributed by atoms with E-state index in [1.54, 1.807) is 12.1 Å². The van der Waals surface area contributed by atoms with E-state index in [1.807, 2.05) is 6.07 Å². The molecule has 0 aliphatic carbocycles. The second kappa shape index (κ2) is 6.45. The quantitative estimate of drug-likeness (QED) is 0.644. The second-order valence-electron chi connectivity index (χ2n) is 7.64. The van der Waals surface area contributed by atoms with Gasteiger partial charge in [-0.3, -0.25) is 10.1 Å². The molecule has 0 saturated carbocycles. The predicted molar refractivity (Wildman–Crippen MR) is 90.8 cm³/mol. The molecule has 0 atom stereocenters. The van der Waals surface area contributed by atoms with E-state index < -0.39 is 4.92 Å². The van der Waals surface area contributed by atoms with E-state index in [0.29, 0.717) is 18.3 Å². The molecule has 0 radical (unpaired) electrons. The van der Waals surface area contributed by atoms with Crippen molar-refractivity contribution in [3.63, 3.8) is 0 Å². The van der Waals surface area contributed by atoms with E-state index in [4.69, 9.17) is 4.74 Å². The number of nitro groups is 1. The average molecular weight is 321 g/mol. The van der Waals surface area contributed by atoms with E-state index >= 15 is 0 Å². The van der Waals surface area contributed by atoms with Crippen LogP contribution in [0.3, 0.4) is 0 Å². The highest BCUT2D eigenvalue weighted by Crippen LogP contribution is 2.30. The molecule has 1 heterocycles. The standard InChI is InChI=1S/C17H27N3O3/c1-16(2)9-13(10-17(3,4)19-16)18-11-12-6-7-15(23-5)14(8-12)20(21)22/h6-8,13,18-19H,9-11H2,1-5H3. The molecule has 23 heavy (non-hydrogen) atoms. The molecule has 2 N–H and O–H groups in total. The molecule has 0 amide bonds. The minimum absolute atomic E-state index is 0.0118. The van der Waals surface area contributed by atoms with E-state index in [2.05, 4.69) is 38.3 Å². The van der Waals surface area contributed by atoms with Gasteiger partial charge in [-0.1, -0.05) is 6.07 Å². The summed E-state index contributed by atoms with van der Waals surface area (Å²) in [5.74, 6) is 0.294. The number of benzene rings is 1. The topological polar surface area (TPSA) is 76.4 Å². The molecule has 0 unspecified atom stereocenters. The Morgan fingerprint density at radius 1 is 1.30 bits per heavy atom. The summed E-state index contributed by atoms with van der Waals surface area (Å²) in [6.45, 7) is 9.45. The highest BCUT2D eigenvalue weighted by Gasteiger charge is 2.37. The number of nitrogens with zero attached hydrogens (tertiary/aromatic N) is 1. The van der Waals surface area contributed by atoms with Gasteiger partial charge < -0.3 is 15.4 Å². The van der Waals surface area contributed by atoms with Crippen LogP contribution < -0.4 is 15.4 Å². The molecule has 2 rings (SSSR count). The fourth-order valence-corrected chi connectivity index (χ4v) is 3.72. The number of nitrogens with one attached hydrogen (secondary N) is 2. The highest BCUT2D eigenvalue weighted by molar-refractivity contribution is 5.48. The zero-order chi connectivity index (χ0) is 17.3. The van der Waals surface area contributed by atoms with Gasteiger partial charge in [0.05, 0.1) is 12.0 Å². The Kier molecular flexibility index (Phi) is 4.96. The summed E-state index contributed by atoms with van der Waals surface area (Å²) in [4.78, 5) is 10.7. The van der Waals surface area contributed by atoms with Gasteiger partial charge in [0.25, 0.3) is 0 Å². The minimum Gasteiger partial charge on any atom is -0.490 e. The van der Waals surface area contributed by atoms with Crippen molar-refractivity contribution < 1.29 is 9.66 Å². The van der Waals surface area contributed by atoms with Crippen LogP contribution in [-0.2, 0) is 6.54 Å². The van der Waals surface area contributed by atoms with Crippen molar-refractivity contribution in [2.75, 3.05) is 7.11 Å². The first-order chi connectivity index (χ1) is 10.6. The lowest BCUT2D eigenvalue weighted by molar-refractivity contribution is -0.385. The predicted octanol–water partition coefficient (Wildman–Crippen LogP) is 3.00. The van der Waals surface area contributed by atoms with Gasteiger partial charge in [0, 0.05) is 29.7 Å². The summed E-state index contributed by atoms with van der Waals surface area (Å²) in [6, 6.07) is 5.49. The number of hydrogen-bond donors (Lipinski definition) is 2. The maximum absolute atomic E-state index is 11.1. The van der Waals surface area contributed by atoms with Crippen LogP contribution in [0.2, 0.25) is 0 Å². The van der Waals surface area contributed by atoms with Crippen LogP contribution in [0, 0.1) is 10.1 Å². The Morgan fingerprint density at radius 3 is 2.43 bits per heavy atom. The van der Waals surface area contributed by atoms with Crippen molar-refractivity contribution in [3.8, 4) is 5.75 Å². The Labute approximate surface area is 137 Å². The Balaban J connectivity index is 2.06. The average Bonchev–Trinajstić information content (AvgIpc) is 2.41. The van der Waals surface area contributed by atoms with Crippen molar-refractivity contribution in [2.24, 2.45) is 0 Å². The minimum atomic E-state index is -0.404. The molecular weight excluding hydrogens is 294 g/mol. The number of methoxy groups -OCH3 is 1. The van der Waals surface area contributed by atoms with Crippen molar-refractivity contribution >= 4 is 5.69 Å². The Morgan fingerprint density at radius 2 is 1.91 bits per heavy atom. The highest BCUT2D eigenvalue weighted by atomic mass is 16.6. The third-order valence-corrected chi connectivity index (χ3v) is 4.23. The van der Waals surface area contributed by atoms with Crippen LogP contribution >= 0.6 is 0 Å². The first-order valence-corrected chi connectivity index (χ1v) is 7.96. The fourth-order valence-electron chi connectivity index (χ4n) is 3.72. The fraction of sp³-hybridized carbons (Fsp3) is 0.647. The summed E-state index contributed by atoms with van der Waals surface area (Å²) in [5, 5.41) is 18.3. The van der Waals surface area contributed by atoms with Gasteiger partial charge in [-0.15, -0.1) is 0 Å². The Hall–Kier alpha value is -1.66. The van der Waals surface area contributed by atoms with Crippen LogP contribution in [0.15, 0.2) is 18.2 Å². The monoisotopic (exact) mass is 321 g/mol. The van der Waals surface area contributed by atoms with E-state index in [9.17, 15) is 10.1 Å².